The molecular weight excluding hydrogens is 575 g/mol. The van der Waals surface area contributed by atoms with Gasteiger partial charge in [-0.2, -0.15) is 0 Å². The van der Waals surface area contributed by atoms with Crippen LogP contribution in [0.4, 0.5) is 0 Å². The molecule has 8 aromatic rings. The normalized spacial score (nSPS) is 20.9. The van der Waals surface area contributed by atoms with Gasteiger partial charge in [-0.3, -0.25) is 8.80 Å². The van der Waals surface area contributed by atoms with Gasteiger partial charge in [0.2, 0.25) is 15.5 Å². The monoisotopic (exact) mass is 597 g/mol. The first-order chi connectivity index (χ1) is 22.2. The molecule has 0 saturated heterocycles. The molecule has 4 atom stereocenters. The van der Waals surface area contributed by atoms with Crippen LogP contribution in [0, 0.1) is 17.8 Å². The van der Waals surface area contributed by atoms with E-state index >= 15 is 0 Å². The smallest absolute Gasteiger partial charge is 0.224 e. The summed E-state index contributed by atoms with van der Waals surface area (Å²) in [4.78, 5) is 0. The zero-order chi connectivity index (χ0) is 29.1. The molecule has 6 heteroatoms. The summed E-state index contributed by atoms with van der Waals surface area (Å²) in [6.07, 6.45) is 10.4. The van der Waals surface area contributed by atoms with Crippen LogP contribution in [0.3, 0.4) is 0 Å². The molecule has 0 spiro atoms. The van der Waals surface area contributed by atoms with Gasteiger partial charge in [0, 0.05) is 5.92 Å². The molecule has 4 aromatic heterocycles. The van der Waals surface area contributed by atoms with E-state index in [1.54, 1.807) is 0 Å². The molecule has 12 rings (SSSR count). The van der Waals surface area contributed by atoms with Crippen molar-refractivity contribution < 1.29 is 13.6 Å². The quantitative estimate of drug-likeness (QED) is 0.0993. The fourth-order valence-electron chi connectivity index (χ4n) is 8.45. The number of nitrogens with zero attached hydrogens (tertiary/aromatic N) is 2. The van der Waals surface area contributed by atoms with E-state index in [9.17, 15) is 0 Å². The molecule has 4 aromatic carbocycles. The van der Waals surface area contributed by atoms with Gasteiger partial charge >= 0.3 is 0 Å². The van der Waals surface area contributed by atoms with Gasteiger partial charge in [0.1, 0.15) is 16.8 Å². The lowest BCUT2D eigenvalue weighted by Crippen LogP contribution is -2.21. The van der Waals surface area contributed by atoms with E-state index < -0.39 is 7.34 Å². The van der Waals surface area contributed by atoms with Crippen molar-refractivity contribution >= 4 is 79.2 Å². The van der Waals surface area contributed by atoms with Crippen molar-refractivity contribution in [3.8, 4) is 17.6 Å². The molecule has 3 aliphatic carbocycles. The largest absolute Gasteiger partial charge is 0.473 e. The van der Waals surface area contributed by atoms with Gasteiger partial charge in [0.25, 0.3) is 0 Å². The Morgan fingerprint density at radius 3 is 2.53 bits per heavy atom. The van der Waals surface area contributed by atoms with Crippen molar-refractivity contribution in [2.45, 2.75) is 18.9 Å². The van der Waals surface area contributed by atoms with Gasteiger partial charge in [-0.25, -0.2) is 0 Å². The average molecular weight is 598 g/mol. The minimum atomic E-state index is -0.920. The SMILES string of the molecule is CC1c2c(oc3ccc4c5c3n2c2cccc3c2[p+]5c2c5c(oc6cc7ccccc7cc6n53)C=CC2O4)C=C2C=CC#CC21. The van der Waals surface area contributed by atoms with E-state index in [2.05, 4.69) is 119 Å². The van der Waals surface area contributed by atoms with Crippen molar-refractivity contribution in [2.24, 2.45) is 5.92 Å². The van der Waals surface area contributed by atoms with Crippen LogP contribution in [0.2, 0.25) is 0 Å². The Kier molecular flexibility index (Phi) is 3.89. The second-order valence-electron chi connectivity index (χ2n) is 12.6. The van der Waals surface area contributed by atoms with Crippen LogP contribution in [-0.2, 0) is 0 Å². The standard InChI is InChI=1S/C39H22N2O3P/c1-20-24-10-5-4-9-23(24)19-33-34(20)41-26-12-6-11-25-37(26)45-38-30(44-31-16-14-29(43-33)36(41)39(31)45)15-13-28-35(38)40(25)27-17-21-7-2-3-8-22(21)18-32(27)42-28/h2-4,6-9,11-20,24,30H,1H3/q+1. The van der Waals surface area contributed by atoms with Gasteiger partial charge < -0.3 is 13.6 Å². The predicted octanol–water partition coefficient (Wildman–Crippen LogP) is 10.4. The van der Waals surface area contributed by atoms with Crippen LogP contribution >= 0.6 is 7.34 Å². The van der Waals surface area contributed by atoms with Crippen molar-refractivity contribution in [1.82, 2.24) is 8.80 Å². The lowest BCUT2D eigenvalue weighted by Gasteiger charge is -2.31. The first-order valence-corrected chi connectivity index (χ1v) is 16.8. The molecule has 1 aliphatic heterocycles. The number of allylic oxidation sites excluding steroid dienone is 3. The lowest BCUT2D eigenvalue weighted by atomic mass is 9.78. The molecule has 0 N–H and O–H groups in total. The molecule has 0 amide bonds. The Balaban J connectivity index is 1.39. The van der Waals surface area contributed by atoms with Gasteiger partial charge in [-0.05, 0) is 83.1 Å². The second kappa shape index (κ2) is 7.61. The Labute approximate surface area is 256 Å². The Morgan fingerprint density at radius 2 is 1.62 bits per heavy atom. The summed E-state index contributed by atoms with van der Waals surface area (Å²) in [5.74, 6) is 9.72. The summed E-state index contributed by atoms with van der Waals surface area (Å²) < 4.78 is 25.3. The molecule has 0 radical (unpaired) electrons. The third-order valence-electron chi connectivity index (χ3n) is 10.3. The Hall–Kier alpha value is -5.43. The topological polar surface area (TPSA) is 44.3 Å². The molecule has 5 nitrogen and oxygen atoms in total. The number of fused-ring (bicyclic) bond motifs is 8. The molecule has 0 saturated carbocycles. The maximum Gasteiger partial charge on any atom is 0.224 e. The van der Waals surface area contributed by atoms with E-state index in [1.807, 2.05) is 6.08 Å². The van der Waals surface area contributed by atoms with E-state index in [1.165, 1.54) is 48.6 Å². The fraction of sp³-hybridized carbons (Fsp3) is 0.103. The highest BCUT2D eigenvalue weighted by Crippen LogP contribution is 2.61. The summed E-state index contributed by atoms with van der Waals surface area (Å²) in [5.41, 5.74) is 9.86. The second-order valence-corrected chi connectivity index (χ2v) is 14.6. The summed E-state index contributed by atoms with van der Waals surface area (Å²) >= 11 is 0. The van der Waals surface area contributed by atoms with Crippen molar-refractivity contribution in [1.29, 1.82) is 0 Å². The van der Waals surface area contributed by atoms with Crippen LogP contribution < -0.4 is 4.74 Å². The molecule has 0 bridgehead atoms. The zero-order valence-corrected chi connectivity index (χ0v) is 24.9. The van der Waals surface area contributed by atoms with Gasteiger partial charge in [0.05, 0.1) is 28.2 Å². The Bertz CT molecular complexity index is 2950. The summed E-state index contributed by atoms with van der Waals surface area (Å²) in [6, 6.07) is 24.0. The zero-order valence-electron chi connectivity index (χ0n) is 24.0. The number of aromatic nitrogens is 2. The maximum absolute atomic E-state index is 6.88. The van der Waals surface area contributed by atoms with E-state index in [0.717, 1.165) is 45.0 Å². The third-order valence-corrected chi connectivity index (χ3v) is 13.0. The molecule has 4 aliphatic rings. The van der Waals surface area contributed by atoms with Gasteiger partial charge in [0.15, 0.2) is 36.1 Å². The van der Waals surface area contributed by atoms with Crippen LogP contribution in [0.15, 0.2) is 99.4 Å². The van der Waals surface area contributed by atoms with Crippen LogP contribution in [0.5, 0.6) is 5.75 Å². The van der Waals surface area contributed by atoms with E-state index in [0.29, 0.717) is 0 Å². The summed E-state index contributed by atoms with van der Waals surface area (Å²) in [6.45, 7) is 2.29. The van der Waals surface area contributed by atoms with Crippen LogP contribution in [0.1, 0.15) is 41.5 Å². The number of ether oxygens (including phenoxy) is 1. The average Bonchev–Trinajstić information content (AvgIpc) is 3.08. The van der Waals surface area contributed by atoms with Gasteiger partial charge in [-0.1, -0.05) is 49.1 Å². The fourth-order valence-corrected chi connectivity index (χ4v) is 11.5. The lowest BCUT2D eigenvalue weighted by molar-refractivity contribution is 0.261. The highest BCUT2D eigenvalue weighted by atomic mass is 31.1. The summed E-state index contributed by atoms with van der Waals surface area (Å²) in [5, 5.41) is 6.26. The van der Waals surface area contributed by atoms with Crippen LogP contribution in [0.25, 0.3) is 71.9 Å². The number of benzene rings is 4. The van der Waals surface area contributed by atoms with Gasteiger partial charge in [-0.15, -0.1) is 0 Å². The highest BCUT2D eigenvalue weighted by Gasteiger charge is 2.43. The molecule has 0 fully saturated rings. The van der Waals surface area contributed by atoms with E-state index in [4.69, 9.17) is 13.6 Å². The number of hydrogen-bond donors (Lipinski definition) is 0. The summed E-state index contributed by atoms with van der Waals surface area (Å²) in [7, 11) is -0.920. The molecule has 4 unspecified atom stereocenters. The maximum atomic E-state index is 6.88. The molecule has 45 heavy (non-hydrogen) atoms. The number of rotatable bonds is 0. The van der Waals surface area contributed by atoms with E-state index in [-0.39, 0.29) is 17.9 Å². The first-order valence-electron chi connectivity index (χ1n) is 15.4. The Morgan fingerprint density at radius 1 is 0.778 bits per heavy atom. The highest BCUT2D eigenvalue weighted by molar-refractivity contribution is 7.59. The molecular formula is C39H22N2O3P+. The third kappa shape index (κ3) is 2.61. The number of hydrogen-bond acceptors (Lipinski definition) is 3. The van der Waals surface area contributed by atoms with Crippen LogP contribution in [-0.4, -0.2) is 8.80 Å². The predicted molar refractivity (Wildman–Crippen MR) is 181 cm³/mol. The van der Waals surface area contributed by atoms with Crippen molar-refractivity contribution in [3.63, 3.8) is 0 Å². The molecule has 210 valence electrons. The minimum absolute atomic E-state index is 0.122. The molecule has 5 heterocycles. The van der Waals surface area contributed by atoms with Crippen molar-refractivity contribution in [2.75, 3.05) is 0 Å². The first kappa shape index (κ1) is 23.0. The van der Waals surface area contributed by atoms with Crippen molar-refractivity contribution in [3.05, 3.63) is 113 Å². The minimum Gasteiger partial charge on any atom is -0.473 e.